The van der Waals surface area contributed by atoms with Crippen LogP contribution in [0.1, 0.15) is 6.42 Å². The number of thioether (sulfide) groups is 1. The summed E-state index contributed by atoms with van der Waals surface area (Å²) >= 11 is 6.84. The Morgan fingerprint density at radius 2 is 1.94 bits per heavy atom. The lowest BCUT2D eigenvalue weighted by Crippen LogP contribution is -2.48. The normalized spacial score (nSPS) is 16.1. The largest absolute Gasteiger partial charge is 0.471 e. The van der Waals surface area contributed by atoms with Crippen LogP contribution in [0.25, 0.3) is 5.69 Å². The van der Waals surface area contributed by atoms with Crippen LogP contribution in [0.15, 0.2) is 53.3 Å². The average Bonchev–Trinajstić information content (AvgIpc) is 3.34. The zero-order valence-corrected chi connectivity index (χ0v) is 18.2. The summed E-state index contributed by atoms with van der Waals surface area (Å²) in [7, 11) is 0. The van der Waals surface area contributed by atoms with Gasteiger partial charge in [-0.15, -0.1) is 5.10 Å². The summed E-state index contributed by atoms with van der Waals surface area (Å²) in [5, 5.41) is 6.90. The van der Waals surface area contributed by atoms with Crippen molar-refractivity contribution >= 4 is 51.7 Å². The quantitative estimate of drug-likeness (QED) is 0.555. The van der Waals surface area contributed by atoms with Crippen LogP contribution >= 0.6 is 23.4 Å². The van der Waals surface area contributed by atoms with Crippen molar-refractivity contribution in [2.24, 2.45) is 0 Å². The summed E-state index contributed by atoms with van der Waals surface area (Å²) in [4.78, 5) is 39.3. The van der Waals surface area contributed by atoms with Gasteiger partial charge in [-0.3, -0.25) is 19.5 Å². The van der Waals surface area contributed by atoms with Gasteiger partial charge in [0.15, 0.2) is 0 Å². The van der Waals surface area contributed by atoms with Crippen LogP contribution in [0.2, 0.25) is 5.02 Å². The fourth-order valence-corrected chi connectivity index (χ4v) is 4.44. The minimum atomic E-state index is -5.13. The van der Waals surface area contributed by atoms with Crippen LogP contribution in [-0.4, -0.2) is 43.8 Å². The van der Waals surface area contributed by atoms with Gasteiger partial charge in [0.05, 0.1) is 5.69 Å². The molecule has 1 amide bonds. The number of anilines is 3. The van der Waals surface area contributed by atoms with Crippen LogP contribution < -0.4 is 15.9 Å². The molecule has 2 aromatic carbocycles. The maximum atomic E-state index is 13.2. The van der Waals surface area contributed by atoms with Gasteiger partial charge in [-0.25, -0.2) is 4.79 Å². The van der Waals surface area contributed by atoms with Crippen LogP contribution in [0.5, 0.6) is 0 Å². The maximum Gasteiger partial charge on any atom is 0.471 e. The Hall–Kier alpha value is -3.25. The lowest BCUT2D eigenvalue weighted by atomic mass is 10.1. The molecule has 0 spiro atoms. The number of amides is 1. The summed E-state index contributed by atoms with van der Waals surface area (Å²) < 4.78 is 40.6. The van der Waals surface area contributed by atoms with E-state index < -0.39 is 28.9 Å². The predicted octanol–water partition coefficient (Wildman–Crippen LogP) is 3.89. The number of carbonyl (C=O) groups excluding carboxylic acids is 2. The highest BCUT2D eigenvalue weighted by Gasteiger charge is 2.47. The summed E-state index contributed by atoms with van der Waals surface area (Å²) in [5.41, 5.74) is 0.224. The molecular formula is C20H15ClF3N5O3S. The van der Waals surface area contributed by atoms with E-state index in [1.54, 1.807) is 24.3 Å². The third-order valence-electron chi connectivity index (χ3n) is 4.76. The highest BCUT2D eigenvalue weighted by Crippen LogP contribution is 2.33. The topological polar surface area (TPSA) is 100 Å². The van der Waals surface area contributed by atoms with Crippen molar-refractivity contribution in [2.45, 2.75) is 18.6 Å². The Morgan fingerprint density at radius 3 is 2.55 bits per heavy atom. The Balaban J connectivity index is 1.57. The summed E-state index contributed by atoms with van der Waals surface area (Å²) in [6.45, 7) is 0. The van der Waals surface area contributed by atoms with E-state index in [0.29, 0.717) is 27.1 Å². The first-order valence-corrected chi connectivity index (χ1v) is 10.9. The Kier molecular flexibility index (Phi) is 6.21. The molecule has 1 saturated heterocycles. The number of nitrogens with zero attached hydrogens (tertiary/aromatic N) is 3. The van der Waals surface area contributed by atoms with Crippen molar-refractivity contribution in [2.75, 3.05) is 16.0 Å². The zero-order valence-electron chi connectivity index (χ0n) is 16.6. The number of halogens is 4. The summed E-state index contributed by atoms with van der Waals surface area (Å²) in [6, 6.07) is 10.7. The van der Waals surface area contributed by atoms with Gasteiger partial charge in [0.2, 0.25) is 11.1 Å². The maximum absolute atomic E-state index is 13.2. The number of alkyl halides is 3. The fourth-order valence-electron chi connectivity index (χ4n) is 3.30. The molecule has 0 aliphatic carbocycles. The number of aromatic nitrogens is 3. The third kappa shape index (κ3) is 4.91. The molecule has 4 rings (SSSR count). The number of hydrogen-bond donors (Lipinski definition) is 2. The van der Waals surface area contributed by atoms with Crippen LogP contribution in [-0.2, 0) is 9.59 Å². The number of rotatable bonds is 5. The monoisotopic (exact) mass is 497 g/mol. The van der Waals surface area contributed by atoms with Crippen molar-refractivity contribution in [3.05, 3.63) is 64.0 Å². The molecule has 1 aliphatic heterocycles. The number of nitrogens with one attached hydrogen (secondary N) is 2. The fraction of sp³-hybridized carbons (Fsp3) is 0.200. The van der Waals surface area contributed by atoms with Crippen molar-refractivity contribution < 1.29 is 22.8 Å². The first-order valence-electron chi connectivity index (χ1n) is 9.53. The summed E-state index contributed by atoms with van der Waals surface area (Å²) in [5.74, 6) is -1.68. The molecule has 33 heavy (non-hydrogen) atoms. The standard InChI is InChI=1S/C20H15ClF3N5O3S/c21-11-2-1-3-14(10-11)29-19(32)26-18(27-29)25-12-4-6-13(7-5-12)28(17(31)20(22,23)24)15-8-9-33-16(15)30/h1-7,10,15H,8-9H2,(H2,25,26,27,32)/t15-/m1/s1. The second-order valence-corrected chi connectivity index (χ2v) is 8.52. The molecule has 0 bridgehead atoms. The molecule has 1 aromatic heterocycles. The SMILES string of the molecule is O=C1SCC[C@H]1N(C(=O)C(F)(F)F)c1ccc(Nc2nn(-c3cccc(Cl)c3)c(=O)[nH]2)cc1. The van der Waals surface area contributed by atoms with E-state index in [2.05, 4.69) is 15.4 Å². The van der Waals surface area contributed by atoms with Gasteiger partial charge in [-0.05, 0) is 48.9 Å². The lowest BCUT2D eigenvalue weighted by molar-refractivity contribution is -0.171. The Labute approximate surface area is 193 Å². The van der Waals surface area contributed by atoms with E-state index in [1.165, 1.54) is 24.3 Å². The van der Waals surface area contributed by atoms with E-state index in [1.807, 2.05) is 0 Å². The number of benzene rings is 2. The molecule has 2 heterocycles. The predicted molar refractivity (Wildman–Crippen MR) is 118 cm³/mol. The Bertz CT molecular complexity index is 1260. The minimum absolute atomic E-state index is 0.0679. The smallest absolute Gasteiger partial charge is 0.324 e. The second kappa shape index (κ2) is 8.94. The van der Waals surface area contributed by atoms with Gasteiger partial charge < -0.3 is 5.32 Å². The van der Waals surface area contributed by atoms with Crippen LogP contribution in [0.3, 0.4) is 0 Å². The number of aromatic amines is 1. The van der Waals surface area contributed by atoms with Gasteiger partial charge >= 0.3 is 17.8 Å². The minimum Gasteiger partial charge on any atom is -0.324 e. The van der Waals surface area contributed by atoms with Gasteiger partial charge in [0, 0.05) is 22.2 Å². The molecule has 1 fully saturated rings. The molecule has 0 radical (unpaired) electrons. The Morgan fingerprint density at radius 1 is 1.21 bits per heavy atom. The summed E-state index contributed by atoms with van der Waals surface area (Å²) in [6.07, 6.45) is -5.00. The molecule has 8 nitrogen and oxygen atoms in total. The third-order valence-corrected chi connectivity index (χ3v) is 5.99. The first-order chi connectivity index (χ1) is 15.6. The second-order valence-electron chi connectivity index (χ2n) is 6.99. The highest BCUT2D eigenvalue weighted by molar-refractivity contribution is 8.14. The van der Waals surface area contributed by atoms with E-state index in [9.17, 15) is 27.6 Å². The molecular weight excluding hydrogens is 483 g/mol. The lowest BCUT2D eigenvalue weighted by Gasteiger charge is -2.28. The highest BCUT2D eigenvalue weighted by atomic mass is 35.5. The van der Waals surface area contributed by atoms with Crippen molar-refractivity contribution in [1.29, 1.82) is 0 Å². The van der Waals surface area contributed by atoms with E-state index in [0.717, 1.165) is 16.4 Å². The average molecular weight is 498 g/mol. The van der Waals surface area contributed by atoms with E-state index in [-0.39, 0.29) is 18.1 Å². The molecule has 13 heteroatoms. The van der Waals surface area contributed by atoms with Crippen LogP contribution in [0.4, 0.5) is 30.5 Å². The first kappa shape index (κ1) is 22.9. The molecule has 2 N–H and O–H groups in total. The zero-order chi connectivity index (χ0) is 23.8. The molecule has 0 saturated carbocycles. The van der Waals surface area contributed by atoms with Gasteiger partial charge in [0.1, 0.15) is 6.04 Å². The number of carbonyl (C=O) groups is 2. The number of H-pyrrole nitrogens is 1. The molecule has 172 valence electrons. The number of hydrogen-bond acceptors (Lipinski definition) is 6. The molecule has 1 atom stereocenters. The van der Waals surface area contributed by atoms with Gasteiger partial charge in [-0.1, -0.05) is 29.4 Å². The van der Waals surface area contributed by atoms with Crippen molar-refractivity contribution in [3.8, 4) is 5.69 Å². The molecule has 0 unspecified atom stereocenters. The van der Waals surface area contributed by atoms with E-state index in [4.69, 9.17) is 11.6 Å². The van der Waals surface area contributed by atoms with E-state index >= 15 is 0 Å². The van der Waals surface area contributed by atoms with Crippen LogP contribution in [0, 0.1) is 0 Å². The molecule has 3 aromatic rings. The van der Waals surface area contributed by atoms with Crippen molar-refractivity contribution in [1.82, 2.24) is 14.8 Å². The van der Waals surface area contributed by atoms with Gasteiger partial charge in [-0.2, -0.15) is 17.9 Å². The molecule has 1 aliphatic rings. The van der Waals surface area contributed by atoms with Crippen molar-refractivity contribution in [3.63, 3.8) is 0 Å². The van der Waals surface area contributed by atoms with Gasteiger partial charge in [0.25, 0.3) is 0 Å².